The molecule has 5 nitrogen and oxygen atoms in total. The molecule has 0 bridgehead atoms. The highest BCUT2D eigenvalue weighted by atomic mass is 32.2. The molecule has 0 aliphatic carbocycles. The molecule has 5 N–H and O–H groups in total. The predicted octanol–water partition coefficient (Wildman–Crippen LogP) is 1.72. The highest BCUT2D eigenvalue weighted by Crippen LogP contribution is 2.38. The Kier molecular flexibility index (Phi) is 3.77. The number of hydrazine groups is 1. The number of para-hydroxylation sites is 1. The quantitative estimate of drug-likeness (QED) is 0.589. The molecule has 1 aromatic carbocycles. The van der Waals surface area contributed by atoms with Crippen LogP contribution in [0.1, 0.15) is 11.6 Å². The van der Waals surface area contributed by atoms with E-state index in [-0.39, 0.29) is 12.1 Å². The van der Waals surface area contributed by atoms with Gasteiger partial charge in [0.25, 0.3) is 0 Å². The molecule has 2 unspecified atom stereocenters. The Balaban J connectivity index is 1.87. The minimum absolute atomic E-state index is 0.0913. The smallest absolute Gasteiger partial charge is 0.133 e. The second-order valence-electron chi connectivity index (χ2n) is 4.54. The van der Waals surface area contributed by atoms with Gasteiger partial charge in [-0.25, -0.2) is 10.4 Å². The number of nitrogens with two attached hydrogens (primary N) is 2. The van der Waals surface area contributed by atoms with Crippen LogP contribution in [-0.4, -0.2) is 16.8 Å². The summed E-state index contributed by atoms with van der Waals surface area (Å²) in [7, 11) is 0. The van der Waals surface area contributed by atoms with Crippen LogP contribution in [0.15, 0.2) is 47.5 Å². The van der Waals surface area contributed by atoms with Crippen molar-refractivity contribution >= 4 is 17.6 Å². The van der Waals surface area contributed by atoms with E-state index in [1.54, 1.807) is 18.0 Å². The van der Waals surface area contributed by atoms with E-state index in [9.17, 15) is 0 Å². The fourth-order valence-corrected chi connectivity index (χ4v) is 3.33. The molecule has 104 valence electrons. The summed E-state index contributed by atoms with van der Waals surface area (Å²) in [5, 5.41) is 0. The van der Waals surface area contributed by atoms with Crippen LogP contribution >= 0.6 is 11.8 Å². The number of nitrogens with one attached hydrogen (secondary N) is 1. The number of aromatic nitrogens is 1. The first kappa shape index (κ1) is 13.2. The summed E-state index contributed by atoms with van der Waals surface area (Å²) < 4.78 is 6.05. The van der Waals surface area contributed by atoms with Crippen molar-refractivity contribution in [3.8, 4) is 5.75 Å². The van der Waals surface area contributed by atoms with E-state index in [0.29, 0.717) is 5.82 Å². The molecule has 3 rings (SSSR count). The number of thioether (sulfide) groups is 1. The summed E-state index contributed by atoms with van der Waals surface area (Å²) in [5.41, 5.74) is 9.59. The van der Waals surface area contributed by atoms with Crippen LogP contribution in [0, 0.1) is 0 Å². The zero-order valence-electron chi connectivity index (χ0n) is 10.8. The van der Waals surface area contributed by atoms with Gasteiger partial charge < -0.3 is 10.5 Å². The van der Waals surface area contributed by atoms with Crippen molar-refractivity contribution in [2.45, 2.75) is 17.0 Å². The van der Waals surface area contributed by atoms with Gasteiger partial charge in [0.15, 0.2) is 0 Å². The average Bonchev–Trinajstić information content (AvgIpc) is 2.50. The third kappa shape index (κ3) is 2.45. The molecule has 2 atom stereocenters. The number of fused-ring (bicyclic) bond motifs is 1. The number of hydrogen-bond donors (Lipinski definition) is 3. The van der Waals surface area contributed by atoms with Gasteiger partial charge in [-0.3, -0.25) is 5.84 Å². The number of benzene rings is 1. The monoisotopic (exact) mass is 288 g/mol. The molecule has 0 radical (unpaired) electrons. The fraction of sp³-hybridized carbons (Fsp3) is 0.214. The first-order chi connectivity index (χ1) is 9.79. The first-order valence-electron chi connectivity index (χ1n) is 6.34. The van der Waals surface area contributed by atoms with E-state index in [0.717, 1.165) is 22.0 Å². The van der Waals surface area contributed by atoms with Gasteiger partial charge in [0.2, 0.25) is 0 Å². The number of hydrogen-bond acceptors (Lipinski definition) is 6. The Morgan fingerprint density at radius 2 is 2.15 bits per heavy atom. The van der Waals surface area contributed by atoms with Crippen LogP contribution in [0.4, 0.5) is 5.82 Å². The summed E-state index contributed by atoms with van der Waals surface area (Å²) in [5.74, 6) is 7.87. The minimum Gasteiger partial charge on any atom is -0.486 e. The lowest BCUT2D eigenvalue weighted by molar-refractivity contribution is 0.167. The molecular formula is C14H16N4OS. The SMILES string of the molecule is NNC(c1cccnc1N)C1CSc2ccccc2O1. The molecular weight excluding hydrogens is 272 g/mol. The third-order valence-corrected chi connectivity index (χ3v) is 4.43. The Bertz CT molecular complexity index is 607. The lowest BCUT2D eigenvalue weighted by Crippen LogP contribution is -2.42. The molecule has 0 fully saturated rings. The molecule has 2 aromatic rings. The Hall–Kier alpha value is -1.76. The van der Waals surface area contributed by atoms with Crippen LogP contribution in [0.5, 0.6) is 5.75 Å². The molecule has 20 heavy (non-hydrogen) atoms. The van der Waals surface area contributed by atoms with Crippen LogP contribution in [0.25, 0.3) is 0 Å². The third-order valence-electron chi connectivity index (χ3n) is 3.29. The summed E-state index contributed by atoms with van der Waals surface area (Å²) in [6.45, 7) is 0. The highest BCUT2D eigenvalue weighted by molar-refractivity contribution is 7.99. The molecule has 0 saturated heterocycles. The maximum atomic E-state index is 6.05. The number of nitrogen functional groups attached to an aromatic ring is 1. The number of rotatable bonds is 3. The van der Waals surface area contributed by atoms with Crippen molar-refractivity contribution in [1.29, 1.82) is 0 Å². The lowest BCUT2D eigenvalue weighted by atomic mass is 10.0. The largest absolute Gasteiger partial charge is 0.486 e. The van der Waals surface area contributed by atoms with Gasteiger partial charge in [-0.2, -0.15) is 0 Å². The van der Waals surface area contributed by atoms with E-state index in [4.69, 9.17) is 16.3 Å². The Morgan fingerprint density at radius 3 is 2.95 bits per heavy atom. The van der Waals surface area contributed by atoms with E-state index < -0.39 is 0 Å². The molecule has 0 amide bonds. The van der Waals surface area contributed by atoms with Gasteiger partial charge in [0.05, 0.1) is 6.04 Å². The number of ether oxygens (including phenoxy) is 1. The van der Waals surface area contributed by atoms with Gasteiger partial charge in [-0.15, -0.1) is 11.8 Å². The van der Waals surface area contributed by atoms with Crippen LogP contribution in [0.2, 0.25) is 0 Å². The van der Waals surface area contributed by atoms with Crippen LogP contribution in [-0.2, 0) is 0 Å². The fourth-order valence-electron chi connectivity index (χ4n) is 2.29. The zero-order valence-corrected chi connectivity index (χ0v) is 11.6. The van der Waals surface area contributed by atoms with Crippen molar-refractivity contribution in [2.75, 3.05) is 11.5 Å². The molecule has 0 spiro atoms. The standard InChI is InChI=1S/C14H16N4OS/c15-14-9(4-3-7-17-14)13(18-16)11-8-20-12-6-2-1-5-10(12)19-11/h1-7,11,13,18H,8,16H2,(H2,15,17). The van der Waals surface area contributed by atoms with Crippen molar-refractivity contribution in [1.82, 2.24) is 10.4 Å². The summed E-state index contributed by atoms with van der Waals surface area (Å²) in [4.78, 5) is 5.26. The molecule has 1 aliphatic heterocycles. The summed E-state index contributed by atoms with van der Waals surface area (Å²) in [6.07, 6.45) is 1.57. The molecule has 1 aromatic heterocycles. The van der Waals surface area contributed by atoms with Crippen LogP contribution in [0.3, 0.4) is 0 Å². The van der Waals surface area contributed by atoms with E-state index in [1.165, 1.54) is 0 Å². The second kappa shape index (κ2) is 5.70. The van der Waals surface area contributed by atoms with Gasteiger partial charge in [0, 0.05) is 22.4 Å². The molecule has 2 heterocycles. The van der Waals surface area contributed by atoms with Crippen molar-refractivity contribution in [3.05, 3.63) is 48.2 Å². The zero-order chi connectivity index (χ0) is 13.9. The predicted molar refractivity (Wildman–Crippen MR) is 80.3 cm³/mol. The van der Waals surface area contributed by atoms with Crippen LogP contribution < -0.4 is 21.7 Å². The van der Waals surface area contributed by atoms with Crippen molar-refractivity contribution in [2.24, 2.45) is 5.84 Å². The molecule has 6 heteroatoms. The summed E-state index contributed by atoms with van der Waals surface area (Å²) in [6, 6.07) is 11.6. The highest BCUT2D eigenvalue weighted by Gasteiger charge is 2.30. The first-order valence-corrected chi connectivity index (χ1v) is 7.33. The summed E-state index contributed by atoms with van der Waals surface area (Å²) >= 11 is 1.76. The van der Waals surface area contributed by atoms with E-state index >= 15 is 0 Å². The minimum atomic E-state index is -0.190. The van der Waals surface area contributed by atoms with E-state index in [2.05, 4.69) is 16.5 Å². The normalized spacial score (nSPS) is 18.9. The topological polar surface area (TPSA) is 86.2 Å². The van der Waals surface area contributed by atoms with Gasteiger partial charge in [-0.1, -0.05) is 18.2 Å². The lowest BCUT2D eigenvalue weighted by Gasteiger charge is -2.31. The number of pyridine rings is 1. The maximum absolute atomic E-state index is 6.05. The Labute approximate surface area is 121 Å². The van der Waals surface area contributed by atoms with Crippen molar-refractivity contribution in [3.63, 3.8) is 0 Å². The number of nitrogens with zero attached hydrogens (tertiary/aromatic N) is 1. The van der Waals surface area contributed by atoms with Crippen molar-refractivity contribution < 1.29 is 4.74 Å². The average molecular weight is 288 g/mol. The van der Waals surface area contributed by atoms with Gasteiger partial charge >= 0.3 is 0 Å². The van der Waals surface area contributed by atoms with Gasteiger partial charge in [0.1, 0.15) is 17.7 Å². The van der Waals surface area contributed by atoms with Gasteiger partial charge in [-0.05, 0) is 18.2 Å². The second-order valence-corrected chi connectivity index (χ2v) is 5.60. The Morgan fingerprint density at radius 1 is 1.30 bits per heavy atom. The molecule has 0 saturated carbocycles. The maximum Gasteiger partial charge on any atom is 0.133 e. The van der Waals surface area contributed by atoms with E-state index in [1.807, 2.05) is 30.3 Å². The number of anilines is 1. The molecule has 1 aliphatic rings.